The first-order valence-corrected chi connectivity index (χ1v) is 10.6. The van der Waals surface area contributed by atoms with Crippen molar-refractivity contribution in [2.75, 3.05) is 6.61 Å². The molecule has 0 fully saturated rings. The number of carbonyl (C=O) groups excluding carboxylic acids is 4. The summed E-state index contributed by atoms with van der Waals surface area (Å²) < 4.78 is 5.34. The minimum Gasteiger partial charge on any atom is -0.456 e. The smallest absolute Gasteiger partial charge is 0.330 e. The molecule has 166 valence electrons. The van der Waals surface area contributed by atoms with Gasteiger partial charge in [0.05, 0.1) is 11.1 Å². The normalized spacial score (nSPS) is 13.6. The van der Waals surface area contributed by atoms with Gasteiger partial charge in [-0.2, -0.15) is 0 Å². The zero-order valence-corrected chi connectivity index (χ0v) is 18.4. The van der Waals surface area contributed by atoms with E-state index in [9.17, 15) is 19.2 Å². The van der Waals surface area contributed by atoms with E-state index in [1.807, 2.05) is 38.1 Å². The van der Waals surface area contributed by atoms with Gasteiger partial charge in [-0.1, -0.05) is 54.6 Å². The van der Waals surface area contributed by atoms with Crippen molar-refractivity contribution in [1.29, 1.82) is 0 Å². The van der Waals surface area contributed by atoms with Gasteiger partial charge in [-0.15, -0.1) is 0 Å². The molecule has 0 spiro atoms. The van der Waals surface area contributed by atoms with Crippen molar-refractivity contribution in [2.45, 2.75) is 26.3 Å². The molecule has 1 aliphatic heterocycles. The molecule has 33 heavy (non-hydrogen) atoms. The second-order valence-corrected chi connectivity index (χ2v) is 8.06. The molecule has 6 heteroatoms. The van der Waals surface area contributed by atoms with Gasteiger partial charge < -0.3 is 4.74 Å². The Kier molecular flexibility index (Phi) is 6.18. The molecule has 1 unspecified atom stereocenters. The molecule has 2 amide bonds. The van der Waals surface area contributed by atoms with Crippen molar-refractivity contribution in [3.8, 4) is 0 Å². The number of rotatable bonds is 7. The molecule has 0 saturated heterocycles. The number of benzene rings is 3. The van der Waals surface area contributed by atoms with Crippen LogP contribution in [-0.4, -0.2) is 41.1 Å². The van der Waals surface area contributed by atoms with Crippen molar-refractivity contribution in [3.63, 3.8) is 0 Å². The number of fused-ring (bicyclic) bond motifs is 1. The summed E-state index contributed by atoms with van der Waals surface area (Å²) in [5.41, 5.74) is 3.71. The Morgan fingerprint density at radius 1 is 0.818 bits per heavy atom. The number of aryl methyl sites for hydroxylation is 2. The highest BCUT2D eigenvalue weighted by Crippen LogP contribution is 2.26. The van der Waals surface area contributed by atoms with Crippen LogP contribution in [0.4, 0.5) is 0 Å². The van der Waals surface area contributed by atoms with Crippen LogP contribution in [0.3, 0.4) is 0 Å². The van der Waals surface area contributed by atoms with Crippen molar-refractivity contribution in [2.24, 2.45) is 0 Å². The first kappa shape index (κ1) is 22.1. The van der Waals surface area contributed by atoms with Crippen molar-refractivity contribution >= 4 is 23.6 Å². The Morgan fingerprint density at radius 2 is 1.42 bits per heavy atom. The van der Waals surface area contributed by atoms with Gasteiger partial charge in [0.25, 0.3) is 11.8 Å². The number of carbonyl (C=O) groups is 4. The van der Waals surface area contributed by atoms with E-state index in [1.165, 1.54) is 0 Å². The van der Waals surface area contributed by atoms with Crippen molar-refractivity contribution < 1.29 is 23.9 Å². The minimum absolute atomic E-state index is 0.0863. The largest absolute Gasteiger partial charge is 0.456 e. The highest BCUT2D eigenvalue weighted by Gasteiger charge is 2.43. The van der Waals surface area contributed by atoms with E-state index in [0.717, 1.165) is 21.6 Å². The van der Waals surface area contributed by atoms with Gasteiger partial charge in [0.1, 0.15) is 6.04 Å². The Labute approximate surface area is 191 Å². The van der Waals surface area contributed by atoms with Gasteiger partial charge in [0.15, 0.2) is 12.4 Å². The topological polar surface area (TPSA) is 80.8 Å². The fraction of sp³-hybridized carbons (Fsp3) is 0.185. The maximum atomic E-state index is 13.1. The summed E-state index contributed by atoms with van der Waals surface area (Å²) in [5.74, 6) is -2.25. The van der Waals surface area contributed by atoms with Crippen molar-refractivity contribution in [1.82, 2.24) is 4.90 Å². The van der Waals surface area contributed by atoms with E-state index in [0.29, 0.717) is 5.56 Å². The highest BCUT2D eigenvalue weighted by atomic mass is 16.5. The lowest BCUT2D eigenvalue weighted by atomic mass is 10.0. The lowest BCUT2D eigenvalue weighted by molar-refractivity contribution is -0.147. The van der Waals surface area contributed by atoms with Crippen LogP contribution >= 0.6 is 0 Å². The number of amides is 2. The van der Waals surface area contributed by atoms with E-state index in [-0.39, 0.29) is 23.3 Å². The molecule has 1 heterocycles. The quantitative estimate of drug-likeness (QED) is 0.315. The third-order valence-electron chi connectivity index (χ3n) is 5.86. The van der Waals surface area contributed by atoms with E-state index >= 15 is 0 Å². The van der Waals surface area contributed by atoms with Gasteiger partial charge >= 0.3 is 5.97 Å². The molecule has 4 rings (SSSR count). The molecule has 0 aliphatic carbocycles. The molecule has 1 atom stereocenters. The average molecular weight is 441 g/mol. The Bertz CT molecular complexity index is 1210. The van der Waals surface area contributed by atoms with Gasteiger partial charge in [-0.25, -0.2) is 4.79 Å². The predicted molar refractivity (Wildman–Crippen MR) is 122 cm³/mol. The fourth-order valence-corrected chi connectivity index (χ4v) is 3.84. The molecule has 0 saturated carbocycles. The Hall–Kier alpha value is -4.06. The standard InChI is InChI=1S/C27H23NO5/c1-17-12-13-20(14-18(17)2)24(29)16-33-27(32)23(15-19-8-4-3-5-9-19)28-25(30)21-10-6-7-11-22(21)26(28)31/h3-14,23H,15-16H2,1-2H3. The number of imide groups is 1. The molecule has 0 bridgehead atoms. The number of nitrogens with zero attached hydrogens (tertiary/aromatic N) is 1. The summed E-state index contributed by atoms with van der Waals surface area (Å²) >= 11 is 0. The van der Waals surface area contributed by atoms with Crippen LogP contribution in [0.5, 0.6) is 0 Å². The molecular formula is C27H23NO5. The van der Waals surface area contributed by atoms with E-state index in [2.05, 4.69) is 0 Å². The van der Waals surface area contributed by atoms with Gasteiger partial charge in [0.2, 0.25) is 0 Å². The Morgan fingerprint density at radius 3 is 2.03 bits per heavy atom. The molecule has 0 aromatic heterocycles. The number of ketones is 1. The van der Waals surface area contributed by atoms with Crippen LogP contribution in [0.15, 0.2) is 72.8 Å². The third-order valence-corrected chi connectivity index (χ3v) is 5.86. The molecule has 0 N–H and O–H groups in total. The monoisotopic (exact) mass is 441 g/mol. The van der Waals surface area contributed by atoms with Crippen LogP contribution in [0.1, 0.15) is 47.8 Å². The van der Waals surface area contributed by atoms with E-state index < -0.39 is 30.4 Å². The molecule has 3 aromatic carbocycles. The summed E-state index contributed by atoms with van der Waals surface area (Å²) in [7, 11) is 0. The van der Waals surface area contributed by atoms with E-state index in [1.54, 1.807) is 48.5 Å². The SMILES string of the molecule is Cc1ccc(C(=O)COC(=O)C(Cc2ccccc2)N2C(=O)c3ccccc3C2=O)cc1C. The zero-order chi connectivity index (χ0) is 23.5. The van der Waals surface area contributed by atoms with E-state index in [4.69, 9.17) is 4.74 Å². The summed E-state index contributed by atoms with van der Waals surface area (Å²) in [5, 5.41) is 0. The molecule has 0 radical (unpaired) electrons. The number of Topliss-reactive ketones (excluding diaryl/α,β-unsaturated/α-hetero) is 1. The maximum absolute atomic E-state index is 13.1. The van der Waals surface area contributed by atoms with Gasteiger partial charge in [-0.05, 0) is 48.7 Å². The minimum atomic E-state index is -1.19. The molecule has 3 aromatic rings. The average Bonchev–Trinajstić information content (AvgIpc) is 3.08. The first-order valence-electron chi connectivity index (χ1n) is 10.6. The van der Waals surface area contributed by atoms with Gasteiger partial charge in [0, 0.05) is 12.0 Å². The molecule has 1 aliphatic rings. The molecular weight excluding hydrogens is 418 g/mol. The summed E-state index contributed by atoms with van der Waals surface area (Å²) in [6.07, 6.45) is 0.0863. The second kappa shape index (κ2) is 9.20. The van der Waals surface area contributed by atoms with Crippen LogP contribution in [-0.2, 0) is 16.0 Å². The number of hydrogen-bond donors (Lipinski definition) is 0. The third kappa shape index (κ3) is 4.46. The number of hydrogen-bond acceptors (Lipinski definition) is 5. The Balaban J connectivity index is 1.56. The summed E-state index contributed by atoms with van der Waals surface area (Å²) in [6.45, 7) is 3.37. The predicted octanol–water partition coefficient (Wildman–Crippen LogP) is 3.94. The first-order chi connectivity index (χ1) is 15.9. The lowest BCUT2D eigenvalue weighted by Gasteiger charge is -2.24. The number of esters is 1. The van der Waals surface area contributed by atoms with Crippen LogP contribution < -0.4 is 0 Å². The number of ether oxygens (including phenoxy) is 1. The fourth-order valence-electron chi connectivity index (χ4n) is 3.84. The highest BCUT2D eigenvalue weighted by molar-refractivity contribution is 6.22. The summed E-state index contributed by atoms with van der Waals surface area (Å²) in [6, 6.07) is 19.6. The zero-order valence-electron chi connectivity index (χ0n) is 18.4. The summed E-state index contributed by atoms with van der Waals surface area (Å²) in [4.78, 5) is 52.7. The van der Waals surface area contributed by atoms with Gasteiger partial charge in [-0.3, -0.25) is 19.3 Å². The van der Waals surface area contributed by atoms with Crippen LogP contribution in [0.2, 0.25) is 0 Å². The maximum Gasteiger partial charge on any atom is 0.330 e. The van der Waals surface area contributed by atoms with Crippen molar-refractivity contribution in [3.05, 3.63) is 106 Å². The van der Waals surface area contributed by atoms with Crippen LogP contribution in [0.25, 0.3) is 0 Å². The lowest BCUT2D eigenvalue weighted by Crippen LogP contribution is -2.47. The molecule has 6 nitrogen and oxygen atoms in total. The second-order valence-electron chi connectivity index (χ2n) is 8.06. The van der Waals surface area contributed by atoms with Crippen LogP contribution in [0, 0.1) is 13.8 Å².